The molecular formula is C22H35N3O4. The Bertz CT molecular complexity index is 667. The number of carbonyl (C=O) groups excluding carboxylic acids is 2. The van der Waals surface area contributed by atoms with Gasteiger partial charge >= 0.3 is 6.09 Å². The molecule has 7 heteroatoms. The average Bonchev–Trinajstić information content (AvgIpc) is 3.30. The van der Waals surface area contributed by atoms with Crippen molar-refractivity contribution in [3.05, 3.63) is 0 Å². The third-order valence-electron chi connectivity index (χ3n) is 6.86. The molecule has 1 N–H and O–H groups in total. The van der Waals surface area contributed by atoms with Crippen molar-refractivity contribution in [3.8, 4) is 6.07 Å². The van der Waals surface area contributed by atoms with Gasteiger partial charge in [-0.3, -0.25) is 9.69 Å². The van der Waals surface area contributed by atoms with E-state index in [0.29, 0.717) is 24.8 Å². The van der Waals surface area contributed by atoms with E-state index >= 15 is 0 Å². The van der Waals surface area contributed by atoms with Crippen LogP contribution in [0.25, 0.3) is 0 Å². The highest BCUT2D eigenvalue weighted by Gasteiger charge is 2.50. The second-order valence-corrected chi connectivity index (χ2v) is 10.1. The number of amides is 2. The molecule has 0 spiro atoms. The van der Waals surface area contributed by atoms with Gasteiger partial charge in [0, 0.05) is 12.6 Å². The maximum absolute atomic E-state index is 13.0. The van der Waals surface area contributed by atoms with Crippen LogP contribution in [0.5, 0.6) is 0 Å². The summed E-state index contributed by atoms with van der Waals surface area (Å²) in [4.78, 5) is 29.1. The lowest BCUT2D eigenvalue weighted by molar-refractivity contribution is -0.133. The van der Waals surface area contributed by atoms with E-state index in [2.05, 4.69) is 6.07 Å². The van der Waals surface area contributed by atoms with Crippen molar-refractivity contribution in [1.82, 2.24) is 9.80 Å². The number of nitrogens with zero attached hydrogens (tertiary/aromatic N) is 3. The van der Waals surface area contributed by atoms with Crippen LogP contribution in [-0.4, -0.2) is 63.3 Å². The van der Waals surface area contributed by atoms with E-state index in [1.807, 2.05) is 27.7 Å². The van der Waals surface area contributed by atoms with Gasteiger partial charge in [0.1, 0.15) is 18.2 Å². The summed E-state index contributed by atoms with van der Waals surface area (Å²) in [5.41, 5.74) is -1.22. The van der Waals surface area contributed by atoms with E-state index in [-0.39, 0.29) is 18.5 Å². The first-order valence-corrected chi connectivity index (χ1v) is 11.0. The summed E-state index contributed by atoms with van der Waals surface area (Å²) in [5.74, 6) is 0.578. The molecule has 162 valence electrons. The molecule has 0 aromatic heterocycles. The van der Waals surface area contributed by atoms with E-state index < -0.39 is 23.3 Å². The fraction of sp³-hybridized carbons (Fsp3) is 0.864. The minimum Gasteiger partial charge on any atom is -0.444 e. The average molecular weight is 406 g/mol. The minimum atomic E-state index is -0.641. The SMILES string of the molecule is CCC1(O)C[C@H]2CC(N(CC(=O)N3CCC[C@H]3C#N)C(=O)OC(C)(C)C)C[C@H]2C1. The summed E-state index contributed by atoms with van der Waals surface area (Å²) >= 11 is 0. The van der Waals surface area contributed by atoms with Crippen LogP contribution in [0.15, 0.2) is 0 Å². The highest BCUT2D eigenvalue weighted by atomic mass is 16.6. The molecule has 0 aromatic rings. The molecule has 1 aliphatic heterocycles. The van der Waals surface area contributed by atoms with Gasteiger partial charge in [0.05, 0.1) is 11.7 Å². The highest BCUT2D eigenvalue weighted by molar-refractivity contribution is 5.83. The molecule has 0 bridgehead atoms. The van der Waals surface area contributed by atoms with Gasteiger partial charge in [-0.25, -0.2) is 4.79 Å². The van der Waals surface area contributed by atoms with Gasteiger partial charge in [0.2, 0.25) is 5.91 Å². The number of rotatable bonds is 4. The van der Waals surface area contributed by atoms with Crippen LogP contribution in [-0.2, 0) is 9.53 Å². The van der Waals surface area contributed by atoms with Crippen molar-refractivity contribution in [1.29, 1.82) is 5.26 Å². The maximum Gasteiger partial charge on any atom is 0.411 e. The van der Waals surface area contributed by atoms with Gasteiger partial charge in [-0.2, -0.15) is 5.26 Å². The minimum absolute atomic E-state index is 0.0464. The molecule has 2 saturated carbocycles. The molecular weight excluding hydrogens is 370 g/mol. The van der Waals surface area contributed by atoms with Crippen molar-refractivity contribution in [2.45, 2.75) is 95.9 Å². The van der Waals surface area contributed by atoms with E-state index in [0.717, 1.165) is 38.5 Å². The van der Waals surface area contributed by atoms with Crippen LogP contribution in [0.3, 0.4) is 0 Å². The van der Waals surface area contributed by atoms with Gasteiger partial charge in [-0.1, -0.05) is 6.92 Å². The van der Waals surface area contributed by atoms with Crippen LogP contribution in [0.4, 0.5) is 4.79 Å². The van der Waals surface area contributed by atoms with Crippen molar-refractivity contribution in [3.63, 3.8) is 0 Å². The number of hydrogen-bond donors (Lipinski definition) is 1. The zero-order chi connectivity index (χ0) is 21.4. The quantitative estimate of drug-likeness (QED) is 0.776. The van der Waals surface area contributed by atoms with Crippen LogP contribution < -0.4 is 0 Å². The van der Waals surface area contributed by atoms with Crippen LogP contribution in [0, 0.1) is 23.2 Å². The van der Waals surface area contributed by atoms with Gasteiger partial charge in [0.25, 0.3) is 0 Å². The monoisotopic (exact) mass is 405 g/mol. The lowest BCUT2D eigenvalue weighted by Gasteiger charge is -2.33. The molecule has 1 saturated heterocycles. The summed E-state index contributed by atoms with van der Waals surface area (Å²) < 4.78 is 5.62. The second kappa shape index (κ2) is 8.14. The molecule has 3 rings (SSSR count). The third-order valence-corrected chi connectivity index (χ3v) is 6.86. The largest absolute Gasteiger partial charge is 0.444 e. The number of ether oxygens (including phenoxy) is 1. The zero-order valence-electron chi connectivity index (χ0n) is 18.2. The van der Waals surface area contributed by atoms with E-state index in [4.69, 9.17) is 4.74 Å². The molecule has 7 nitrogen and oxygen atoms in total. The second-order valence-electron chi connectivity index (χ2n) is 10.1. The summed E-state index contributed by atoms with van der Waals surface area (Å²) in [6.07, 6.45) is 4.92. The summed E-state index contributed by atoms with van der Waals surface area (Å²) in [7, 11) is 0. The fourth-order valence-electron chi connectivity index (χ4n) is 5.38. The number of carbonyl (C=O) groups is 2. The normalized spacial score (nSPS) is 34.0. The van der Waals surface area contributed by atoms with Crippen molar-refractivity contribution in [2.24, 2.45) is 11.8 Å². The van der Waals surface area contributed by atoms with Crippen LogP contribution >= 0.6 is 0 Å². The Morgan fingerprint density at radius 3 is 2.41 bits per heavy atom. The van der Waals surface area contributed by atoms with E-state index in [1.165, 1.54) is 0 Å². The molecule has 2 aliphatic carbocycles. The molecule has 2 amide bonds. The summed E-state index contributed by atoms with van der Waals surface area (Å²) in [6, 6.07) is 1.74. The standard InChI is InChI=1S/C22H35N3O4/c1-5-22(28)11-15-9-18(10-16(15)12-22)25(20(27)29-21(2,3)4)14-19(26)24-8-6-7-17(24)13-23/h15-18,28H,5-12,14H2,1-4H3/t15-,16+,17-,18?,22?/m0/s1. The topological polar surface area (TPSA) is 93.9 Å². The van der Waals surface area contributed by atoms with Crippen LogP contribution in [0.2, 0.25) is 0 Å². The number of hydrogen-bond acceptors (Lipinski definition) is 5. The van der Waals surface area contributed by atoms with E-state index in [9.17, 15) is 20.0 Å². The Balaban J connectivity index is 1.72. The third kappa shape index (κ3) is 4.85. The van der Waals surface area contributed by atoms with Gasteiger partial charge in [-0.15, -0.1) is 0 Å². The number of likely N-dealkylation sites (tertiary alicyclic amines) is 1. The van der Waals surface area contributed by atoms with Crippen molar-refractivity contribution < 1.29 is 19.4 Å². The molecule has 3 fully saturated rings. The fourth-order valence-corrected chi connectivity index (χ4v) is 5.38. The van der Waals surface area contributed by atoms with Crippen molar-refractivity contribution >= 4 is 12.0 Å². The smallest absolute Gasteiger partial charge is 0.411 e. The summed E-state index contributed by atoms with van der Waals surface area (Å²) in [6.45, 7) is 8.01. The molecule has 1 heterocycles. The Hall–Kier alpha value is -1.81. The van der Waals surface area contributed by atoms with Gasteiger partial charge < -0.3 is 14.7 Å². The molecule has 3 aliphatic rings. The Morgan fingerprint density at radius 1 is 1.28 bits per heavy atom. The lowest BCUT2D eigenvalue weighted by Crippen LogP contribution is -2.49. The molecule has 2 unspecified atom stereocenters. The lowest BCUT2D eigenvalue weighted by atomic mass is 9.94. The first kappa shape index (κ1) is 21.9. The Labute approximate surface area is 174 Å². The number of nitriles is 1. The van der Waals surface area contributed by atoms with E-state index in [1.54, 1.807) is 9.80 Å². The summed E-state index contributed by atoms with van der Waals surface area (Å²) in [5, 5.41) is 19.9. The predicted octanol–water partition coefficient (Wildman–Crippen LogP) is 3.07. The number of fused-ring (bicyclic) bond motifs is 1. The zero-order valence-corrected chi connectivity index (χ0v) is 18.2. The maximum atomic E-state index is 13.0. The van der Waals surface area contributed by atoms with Gasteiger partial charge in [0.15, 0.2) is 0 Å². The van der Waals surface area contributed by atoms with Crippen LogP contribution in [0.1, 0.15) is 72.6 Å². The predicted molar refractivity (Wildman–Crippen MR) is 108 cm³/mol. The molecule has 0 radical (unpaired) electrons. The Kier molecular flexibility index (Phi) is 6.14. The molecule has 5 atom stereocenters. The van der Waals surface area contributed by atoms with Crippen molar-refractivity contribution in [2.75, 3.05) is 13.1 Å². The first-order valence-electron chi connectivity index (χ1n) is 11.0. The Morgan fingerprint density at radius 2 is 1.90 bits per heavy atom. The van der Waals surface area contributed by atoms with Gasteiger partial charge in [-0.05, 0) is 77.6 Å². The first-order chi connectivity index (χ1) is 13.5. The number of aliphatic hydroxyl groups is 1. The molecule has 29 heavy (non-hydrogen) atoms. The molecule has 0 aromatic carbocycles. The highest BCUT2D eigenvalue weighted by Crippen LogP contribution is 2.51.